The molecule has 4 heteroatoms. The number of aromatic nitrogens is 2. The molecule has 100 valence electrons. The maximum absolute atomic E-state index is 3.96. The van der Waals surface area contributed by atoms with E-state index in [4.69, 9.17) is 0 Å². The molecule has 4 nitrogen and oxygen atoms in total. The Balaban J connectivity index is 1.44. The number of hydrogen-bond donors (Lipinski definition) is 2. The average Bonchev–Trinajstić information content (AvgIpc) is 3.11. The van der Waals surface area contributed by atoms with Crippen molar-refractivity contribution in [3.63, 3.8) is 0 Å². The molecule has 2 heterocycles. The first kappa shape index (κ1) is 12.2. The Kier molecular flexibility index (Phi) is 3.79. The quantitative estimate of drug-likeness (QED) is 0.857. The van der Waals surface area contributed by atoms with Crippen LogP contribution in [0.3, 0.4) is 0 Å². The molecule has 0 bridgehead atoms. The lowest BCUT2D eigenvalue weighted by atomic mass is 10.2. The molecule has 1 fully saturated rings. The lowest BCUT2D eigenvalue weighted by Crippen LogP contribution is -2.33. The van der Waals surface area contributed by atoms with Crippen molar-refractivity contribution < 1.29 is 0 Å². The van der Waals surface area contributed by atoms with E-state index in [-0.39, 0.29) is 0 Å². The van der Waals surface area contributed by atoms with Crippen molar-refractivity contribution in [1.29, 1.82) is 0 Å². The first-order valence-corrected chi connectivity index (χ1v) is 6.93. The van der Waals surface area contributed by atoms with E-state index in [1.54, 1.807) is 0 Å². The van der Waals surface area contributed by atoms with Crippen molar-refractivity contribution in [2.24, 2.45) is 0 Å². The third-order valence-electron chi connectivity index (χ3n) is 3.71. The second-order valence-electron chi connectivity index (χ2n) is 5.08. The smallest absolute Gasteiger partial charge is 0.0519 e. The highest BCUT2D eigenvalue weighted by Crippen LogP contribution is 2.19. The van der Waals surface area contributed by atoms with E-state index >= 15 is 0 Å². The van der Waals surface area contributed by atoms with Crippen LogP contribution in [-0.2, 0) is 6.42 Å². The van der Waals surface area contributed by atoms with E-state index in [1.807, 2.05) is 12.4 Å². The molecule has 1 aromatic heterocycles. The van der Waals surface area contributed by atoms with Crippen LogP contribution in [0.25, 0.3) is 0 Å². The van der Waals surface area contributed by atoms with Crippen LogP contribution in [0.15, 0.2) is 42.7 Å². The number of nitrogens with one attached hydrogen (secondary N) is 2. The summed E-state index contributed by atoms with van der Waals surface area (Å²) in [6.45, 7) is 3.27. The summed E-state index contributed by atoms with van der Waals surface area (Å²) in [6.07, 6.45) is 6.12. The average molecular weight is 256 g/mol. The lowest BCUT2D eigenvalue weighted by molar-refractivity contribution is 0.554. The van der Waals surface area contributed by atoms with Gasteiger partial charge in [0.2, 0.25) is 0 Å². The van der Waals surface area contributed by atoms with Crippen LogP contribution in [0, 0.1) is 0 Å². The van der Waals surface area contributed by atoms with Gasteiger partial charge in [-0.05, 0) is 37.1 Å². The summed E-state index contributed by atoms with van der Waals surface area (Å²) in [4.78, 5) is 2.45. The molecule has 19 heavy (non-hydrogen) atoms. The molecular weight excluding hydrogens is 236 g/mol. The molecule has 2 aromatic rings. The van der Waals surface area contributed by atoms with Gasteiger partial charge < -0.3 is 10.2 Å². The van der Waals surface area contributed by atoms with E-state index < -0.39 is 0 Å². The monoisotopic (exact) mass is 256 g/mol. The van der Waals surface area contributed by atoms with Crippen LogP contribution in [-0.4, -0.2) is 35.9 Å². The molecule has 1 atom stereocenters. The summed E-state index contributed by atoms with van der Waals surface area (Å²) in [5.41, 5.74) is 2.60. The molecule has 1 aromatic carbocycles. The maximum atomic E-state index is 3.96. The minimum absolute atomic E-state index is 0.604. The molecule has 0 amide bonds. The molecule has 0 radical (unpaired) electrons. The van der Waals surface area contributed by atoms with Crippen LogP contribution < -0.4 is 10.2 Å². The van der Waals surface area contributed by atoms with Crippen LogP contribution in [0.5, 0.6) is 0 Å². The minimum atomic E-state index is 0.604. The third kappa shape index (κ3) is 3.15. The van der Waals surface area contributed by atoms with Crippen molar-refractivity contribution >= 4 is 5.69 Å². The fourth-order valence-electron chi connectivity index (χ4n) is 2.64. The van der Waals surface area contributed by atoms with Gasteiger partial charge in [-0.25, -0.2) is 0 Å². The molecule has 2 N–H and O–H groups in total. The van der Waals surface area contributed by atoms with Crippen molar-refractivity contribution in [1.82, 2.24) is 15.5 Å². The molecule has 0 saturated carbocycles. The highest BCUT2D eigenvalue weighted by Gasteiger charge is 2.21. The van der Waals surface area contributed by atoms with E-state index in [9.17, 15) is 0 Å². The zero-order chi connectivity index (χ0) is 12.9. The topological polar surface area (TPSA) is 44.0 Å². The maximum Gasteiger partial charge on any atom is 0.0519 e. The predicted octanol–water partition coefficient (Wildman–Crippen LogP) is 1.82. The van der Waals surface area contributed by atoms with Gasteiger partial charge in [0.1, 0.15) is 0 Å². The first-order valence-electron chi connectivity index (χ1n) is 6.93. The zero-order valence-electron chi connectivity index (χ0n) is 11.0. The summed E-state index contributed by atoms with van der Waals surface area (Å²) in [6, 6.07) is 11.3. The van der Waals surface area contributed by atoms with Crippen molar-refractivity contribution in [3.8, 4) is 0 Å². The van der Waals surface area contributed by atoms with Gasteiger partial charge in [-0.3, -0.25) is 5.10 Å². The molecule has 0 spiro atoms. The Hall–Kier alpha value is -1.81. The van der Waals surface area contributed by atoms with E-state index in [0.29, 0.717) is 6.04 Å². The minimum Gasteiger partial charge on any atom is -0.370 e. The third-order valence-corrected chi connectivity index (χ3v) is 3.71. The number of anilines is 1. The van der Waals surface area contributed by atoms with Gasteiger partial charge in [-0.2, -0.15) is 5.10 Å². The van der Waals surface area contributed by atoms with Gasteiger partial charge in [0.25, 0.3) is 0 Å². The van der Waals surface area contributed by atoms with Crippen LogP contribution in [0.4, 0.5) is 5.69 Å². The predicted molar refractivity (Wildman–Crippen MR) is 77.4 cm³/mol. The molecule has 3 rings (SSSR count). The zero-order valence-corrected chi connectivity index (χ0v) is 11.0. The van der Waals surface area contributed by atoms with Crippen molar-refractivity contribution in [2.75, 3.05) is 24.5 Å². The van der Waals surface area contributed by atoms with Crippen LogP contribution >= 0.6 is 0 Å². The van der Waals surface area contributed by atoms with Crippen molar-refractivity contribution in [2.45, 2.75) is 18.9 Å². The second kappa shape index (κ2) is 5.89. The number of hydrogen-bond acceptors (Lipinski definition) is 3. The number of para-hydroxylation sites is 1. The molecule has 1 aliphatic rings. The molecule has 1 aliphatic heterocycles. The second-order valence-corrected chi connectivity index (χ2v) is 5.08. The molecule has 1 unspecified atom stereocenters. The van der Waals surface area contributed by atoms with Gasteiger partial charge in [0.15, 0.2) is 0 Å². The summed E-state index contributed by atoms with van der Waals surface area (Å²) >= 11 is 0. The number of nitrogens with zero attached hydrogens (tertiary/aromatic N) is 2. The van der Waals surface area contributed by atoms with Crippen molar-refractivity contribution in [3.05, 3.63) is 48.3 Å². The summed E-state index contributed by atoms with van der Waals surface area (Å²) in [7, 11) is 0. The fourth-order valence-corrected chi connectivity index (χ4v) is 2.64. The highest BCUT2D eigenvalue weighted by molar-refractivity contribution is 5.47. The van der Waals surface area contributed by atoms with Crippen LogP contribution in [0.1, 0.15) is 12.0 Å². The number of benzene rings is 1. The Bertz CT molecular complexity index is 480. The summed E-state index contributed by atoms with van der Waals surface area (Å²) in [5, 5.41) is 10.5. The number of aromatic amines is 1. The standard InChI is InChI=1S/C15H20N4/c1-2-4-15(5-3-1)19-9-7-14(12-19)16-8-6-13-10-17-18-11-13/h1-5,10-11,14,16H,6-9,12H2,(H,17,18). The Morgan fingerprint density at radius 3 is 3.00 bits per heavy atom. The van der Waals surface area contributed by atoms with E-state index in [1.165, 1.54) is 17.7 Å². The van der Waals surface area contributed by atoms with Gasteiger partial charge in [0.05, 0.1) is 6.20 Å². The molecule has 1 saturated heterocycles. The number of rotatable bonds is 5. The SMILES string of the molecule is c1ccc(N2CCC(NCCc3cn[nH]c3)C2)cc1. The molecular formula is C15H20N4. The summed E-state index contributed by atoms with van der Waals surface area (Å²) < 4.78 is 0. The Labute approximate surface area is 113 Å². The van der Waals surface area contributed by atoms with Gasteiger partial charge >= 0.3 is 0 Å². The summed E-state index contributed by atoms with van der Waals surface area (Å²) in [5.74, 6) is 0. The van der Waals surface area contributed by atoms with Crippen LogP contribution in [0.2, 0.25) is 0 Å². The fraction of sp³-hybridized carbons (Fsp3) is 0.400. The van der Waals surface area contributed by atoms with E-state index in [2.05, 4.69) is 50.7 Å². The Morgan fingerprint density at radius 2 is 2.21 bits per heavy atom. The Morgan fingerprint density at radius 1 is 1.32 bits per heavy atom. The largest absolute Gasteiger partial charge is 0.370 e. The van der Waals surface area contributed by atoms with Gasteiger partial charge in [-0.1, -0.05) is 18.2 Å². The number of H-pyrrole nitrogens is 1. The van der Waals surface area contributed by atoms with Gasteiger partial charge in [0, 0.05) is 31.0 Å². The normalized spacial score (nSPS) is 18.9. The van der Waals surface area contributed by atoms with Gasteiger partial charge in [-0.15, -0.1) is 0 Å². The first-order chi connectivity index (χ1) is 9.42. The highest BCUT2D eigenvalue weighted by atomic mass is 15.2. The molecule has 0 aliphatic carbocycles. The van der Waals surface area contributed by atoms with E-state index in [0.717, 1.165) is 26.1 Å². The lowest BCUT2D eigenvalue weighted by Gasteiger charge is -2.18.